The van der Waals surface area contributed by atoms with Gasteiger partial charge in [0.15, 0.2) is 0 Å². The van der Waals surface area contributed by atoms with Crippen molar-refractivity contribution in [3.05, 3.63) is 24.3 Å². The minimum absolute atomic E-state index is 0. The molecule has 0 fully saturated rings. The first kappa shape index (κ1) is 24.1. The van der Waals surface area contributed by atoms with Crippen molar-refractivity contribution in [1.29, 1.82) is 0 Å². The molecule has 3 N–H and O–H groups in total. The van der Waals surface area contributed by atoms with Crippen LogP contribution < -0.4 is 80.2 Å². The Bertz CT molecular complexity index is 623. The molecule has 1 unspecified atom stereocenters. The Hall–Kier alpha value is -0.170. The molecule has 0 bridgehead atoms. The second kappa shape index (κ2) is 10.6. The van der Waals surface area contributed by atoms with E-state index in [-0.39, 0.29) is 64.8 Å². The van der Waals surface area contributed by atoms with E-state index < -0.39 is 39.4 Å². The SMILES string of the molecule is O=C([O-])CC(NNc1ccccc1S(=O)(=O)O)C(=O)[O-].[Na+].[Na+]. The number of anilines is 1. The standard InChI is InChI=1S/C10H12N2O7S.2Na/c13-9(14)5-7(10(15)16)12-11-6-3-1-2-4-8(6)20(17,18)19;;/h1-4,7,11-12H,5H2,(H,13,14)(H,15,16)(H,17,18,19);;/q;2*+1/p-2. The van der Waals surface area contributed by atoms with Gasteiger partial charge in [0, 0.05) is 12.4 Å². The molecule has 0 spiro atoms. The third kappa shape index (κ3) is 7.90. The molecule has 0 aliphatic carbocycles. The van der Waals surface area contributed by atoms with Crippen LogP contribution in [0.1, 0.15) is 6.42 Å². The van der Waals surface area contributed by atoms with Gasteiger partial charge in [0.2, 0.25) is 0 Å². The van der Waals surface area contributed by atoms with E-state index in [1.54, 1.807) is 0 Å². The molecule has 0 amide bonds. The molecule has 110 valence electrons. The number of rotatable bonds is 7. The Kier molecular flexibility index (Phi) is 11.6. The summed E-state index contributed by atoms with van der Waals surface area (Å²) in [7, 11) is -4.52. The van der Waals surface area contributed by atoms with E-state index in [0.29, 0.717) is 0 Å². The van der Waals surface area contributed by atoms with Crippen LogP contribution in [0.3, 0.4) is 0 Å². The molecule has 22 heavy (non-hydrogen) atoms. The molecule has 0 heterocycles. The van der Waals surface area contributed by atoms with Crippen molar-refractivity contribution in [3.8, 4) is 0 Å². The number of carboxylic acids is 2. The third-order valence-electron chi connectivity index (χ3n) is 2.20. The van der Waals surface area contributed by atoms with Crippen molar-refractivity contribution >= 4 is 27.7 Å². The van der Waals surface area contributed by atoms with Crippen LogP contribution in [0.15, 0.2) is 29.2 Å². The summed E-state index contributed by atoms with van der Waals surface area (Å²) in [5, 5.41) is 21.0. The summed E-state index contributed by atoms with van der Waals surface area (Å²) in [5.41, 5.74) is 4.12. The molecule has 1 aromatic carbocycles. The molecule has 0 aliphatic heterocycles. The van der Waals surface area contributed by atoms with Gasteiger partial charge >= 0.3 is 59.1 Å². The van der Waals surface area contributed by atoms with Crippen LogP contribution in [0.2, 0.25) is 0 Å². The fraction of sp³-hybridized carbons (Fsp3) is 0.200. The molecule has 1 aromatic rings. The van der Waals surface area contributed by atoms with Gasteiger partial charge in [0.05, 0.1) is 17.7 Å². The number of nitrogens with one attached hydrogen (secondary N) is 2. The van der Waals surface area contributed by atoms with Crippen LogP contribution >= 0.6 is 0 Å². The summed E-state index contributed by atoms with van der Waals surface area (Å²) in [5.74, 6) is -3.34. The molecule has 0 aromatic heterocycles. The maximum absolute atomic E-state index is 11.1. The molecule has 12 heteroatoms. The van der Waals surface area contributed by atoms with E-state index in [1.165, 1.54) is 18.2 Å². The predicted molar refractivity (Wildman–Crippen MR) is 61.4 cm³/mol. The number of para-hydroxylation sites is 1. The number of aliphatic carboxylic acids is 2. The summed E-state index contributed by atoms with van der Waals surface area (Å²) in [6, 6.07) is 3.43. The fourth-order valence-corrected chi connectivity index (χ4v) is 1.97. The van der Waals surface area contributed by atoms with Gasteiger partial charge in [0.1, 0.15) is 4.90 Å². The number of hydrazine groups is 1. The fourth-order valence-electron chi connectivity index (χ4n) is 1.32. The van der Waals surface area contributed by atoms with E-state index >= 15 is 0 Å². The number of carboxylic acid groups (broad SMARTS) is 2. The number of hydrogen-bond donors (Lipinski definition) is 3. The Morgan fingerprint density at radius 1 is 1.18 bits per heavy atom. The van der Waals surface area contributed by atoms with Gasteiger partial charge in [-0.25, -0.2) is 5.43 Å². The van der Waals surface area contributed by atoms with Crippen molar-refractivity contribution in [2.45, 2.75) is 17.4 Å². The first-order valence-electron chi connectivity index (χ1n) is 5.20. The summed E-state index contributed by atoms with van der Waals surface area (Å²) in [6.45, 7) is 0. The summed E-state index contributed by atoms with van der Waals surface area (Å²) < 4.78 is 31.1. The van der Waals surface area contributed by atoms with Crippen LogP contribution in [0.5, 0.6) is 0 Å². The van der Waals surface area contributed by atoms with Gasteiger partial charge in [-0.3, -0.25) is 4.55 Å². The zero-order valence-corrected chi connectivity index (χ0v) is 16.7. The first-order chi connectivity index (χ1) is 9.21. The first-order valence-corrected chi connectivity index (χ1v) is 6.64. The quantitative estimate of drug-likeness (QED) is 0.247. The maximum Gasteiger partial charge on any atom is 1.00 e. The van der Waals surface area contributed by atoms with Gasteiger partial charge < -0.3 is 25.2 Å². The van der Waals surface area contributed by atoms with E-state index in [4.69, 9.17) is 4.55 Å². The van der Waals surface area contributed by atoms with Crippen molar-refractivity contribution in [3.63, 3.8) is 0 Å². The largest absolute Gasteiger partial charge is 1.00 e. The maximum atomic E-state index is 11.1. The average molecular weight is 348 g/mol. The van der Waals surface area contributed by atoms with Crippen LogP contribution in [0.25, 0.3) is 0 Å². The molecule has 0 saturated carbocycles. The second-order valence-corrected chi connectivity index (χ2v) is 5.08. The van der Waals surface area contributed by atoms with Gasteiger partial charge in [-0.1, -0.05) is 12.1 Å². The Morgan fingerprint density at radius 3 is 2.18 bits per heavy atom. The van der Waals surface area contributed by atoms with Gasteiger partial charge in [-0.05, 0) is 12.1 Å². The van der Waals surface area contributed by atoms with E-state index in [9.17, 15) is 28.2 Å². The van der Waals surface area contributed by atoms with Crippen LogP contribution in [0.4, 0.5) is 5.69 Å². The van der Waals surface area contributed by atoms with Crippen LogP contribution in [0, 0.1) is 0 Å². The van der Waals surface area contributed by atoms with Crippen LogP contribution in [-0.4, -0.2) is 31.0 Å². The molecule has 0 saturated heterocycles. The van der Waals surface area contributed by atoms with Crippen LogP contribution in [-0.2, 0) is 19.7 Å². The Balaban J connectivity index is 0. The zero-order chi connectivity index (χ0) is 15.3. The molecular weight excluding hydrogens is 338 g/mol. The smallest absolute Gasteiger partial charge is 0.550 e. The number of hydrogen-bond acceptors (Lipinski definition) is 8. The summed E-state index contributed by atoms with van der Waals surface area (Å²) >= 11 is 0. The Morgan fingerprint density at radius 2 is 1.73 bits per heavy atom. The predicted octanol–water partition coefficient (Wildman–Crippen LogP) is -8.88. The monoisotopic (exact) mass is 348 g/mol. The average Bonchev–Trinajstić information content (AvgIpc) is 2.33. The molecular formula is C10H10N2Na2O7S. The van der Waals surface area contributed by atoms with Crippen molar-refractivity contribution < 1.29 is 91.9 Å². The number of carbonyl (C=O) groups excluding carboxylic acids is 2. The van der Waals surface area contributed by atoms with Gasteiger partial charge in [-0.15, -0.1) is 0 Å². The number of benzene rings is 1. The van der Waals surface area contributed by atoms with Crippen molar-refractivity contribution in [2.75, 3.05) is 5.43 Å². The Labute approximate surface area is 170 Å². The summed E-state index contributed by atoms with van der Waals surface area (Å²) in [6.07, 6.45) is -0.886. The van der Waals surface area contributed by atoms with Gasteiger partial charge in [-0.2, -0.15) is 8.42 Å². The molecule has 0 radical (unpaired) electrons. The minimum Gasteiger partial charge on any atom is -0.550 e. The number of carbonyl (C=O) groups is 2. The van der Waals surface area contributed by atoms with E-state index in [1.807, 2.05) is 0 Å². The molecule has 1 rings (SSSR count). The molecule has 9 nitrogen and oxygen atoms in total. The van der Waals surface area contributed by atoms with Gasteiger partial charge in [0.25, 0.3) is 10.1 Å². The minimum atomic E-state index is -4.52. The zero-order valence-electron chi connectivity index (χ0n) is 11.9. The summed E-state index contributed by atoms with van der Waals surface area (Å²) in [4.78, 5) is 20.5. The molecule has 1 atom stereocenters. The molecule has 0 aliphatic rings. The third-order valence-corrected chi connectivity index (χ3v) is 3.11. The van der Waals surface area contributed by atoms with E-state index in [2.05, 4.69) is 10.9 Å². The second-order valence-electron chi connectivity index (χ2n) is 3.69. The normalized spacial score (nSPS) is 11.5. The van der Waals surface area contributed by atoms with Crippen molar-refractivity contribution in [2.24, 2.45) is 0 Å². The van der Waals surface area contributed by atoms with E-state index in [0.717, 1.165) is 6.07 Å². The topological polar surface area (TPSA) is 159 Å². The van der Waals surface area contributed by atoms with Crippen molar-refractivity contribution in [1.82, 2.24) is 5.43 Å².